The molecule has 1 aliphatic heterocycles. The lowest BCUT2D eigenvalue weighted by Crippen LogP contribution is -2.53. The molecule has 0 spiro atoms. The summed E-state index contributed by atoms with van der Waals surface area (Å²) >= 11 is 1.47. The van der Waals surface area contributed by atoms with Gasteiger partial charge in [-0.1, -0.05) is 24.4 Å². The highest BCUT2D eigenvalue weighted by Crippen LogP contribution is 2.39. The van der Waals surface area contributed by atoms with Gasteiger partial charge in [0.1, 0.15) is 30.7 Å². The number of hydrazine groups is 1. The van der Waals surface area contributed by atoms with Gasteiger partial charge in [-0.25, -0.2) is 15.8 Å². The number of anilines is 2. The summed E-state index contributed by atoms with van der Waals surface area (Å²) in [4.78, 5) is 16.8. The minimum Gasteiger partial charge on any atom is -0.487 e. The van der Waals surface area contributed by atoms with E-state index in [0.29, 0.717) is 29.7 Å². The number of aryl methyl sites for hydroxylation is 2. The van der Waals surface area contributed by atoms with Crippen LogP contribution in [0.3, 0.4) is 0 Å². The second-order valence-corrected chi connectivity index (χ2v) is 9.93. The summed E-state index contributed by atoms with van der Waals surface area (Å²) in [6.45, 7) is 9.45. The lowest BCUT2D eigenvalue weighted by Gasteiger charge is -2.39. The van der Waals surface area contributed by atoms with E-state index in [1.807, 2.05) is 55.1 Å². The molecule has 0 amide bonds. The van der Waals surface area contributed by atoms with Crippen LogP contribution in [-0.2, 0) is 6.61 Å². The van der Waals surface area contributed by atoms with E-state index in [1.165, 1.54) is 24.2 Å². The van der Waals surface area contributed by atoms with Crippen LogP contribution in [0.15, 0.2) is 65.2 Å². The zero-order valence-electron chi connectivity index (χ0n) is 20.7. The molecular formula is C26H33N7O2S. The number of nitrogen functional groups attached to an aromatic ring is 1. The van der Waals surface area contributed by atoms with Crippen molar-refractivity contribution in [2.75, 3.05) is 23.8 Å². The highest BCUT2D eigenvalue weighted by Gasteiger charge is 2.29. The Kier molecular flexibility index (Phi) is 8.42. The lowest BCUT2D eigenvalue weighted by molar-refractivity contribution is 0.0220. The average Bonchev–Trinajstić information content (AvgIpc) is 2.88. The van der Waals surface area contributed by atoms with Crippen LogP contribution in [0.5, 0.6) is 5.75 Å². The minimum atomic E-state index is -0.698. The van der Waals surface area contributed by atoms with Crippen molar-refractivity contribution in [2.45, 2.75) is 55.4 Å². The van der Waals surface area contributed by atoms with Gasteiger partial charge in [0.2, 0.25) is 0 Å². The van der Waals surface area contributed by atoms with Gasteiger partial charge in [-0.2, -0.15) is 0 Å². The number of aliphatic hydroxyl groups is 1. The van der Waals surface area contributed by atoms with E-state index in [1.54, 1.807) is 5.01 Å². The molecule has 1 aromatic carbocycles. The molecule has 0 bridgehead atoms. The van der Waals surface area contributed by atoms with Crippen molar-refractivity contribution in [1.29, 1.82) is 0 Å². The Morgan fingerprint density at radius 2 is 2.14 bits per heavy atom. The highest BCUT2D eigenvalue weighted by atomic mass is 32.2. The molecule has 190 valence electrons. The molecule has 36 heavy (non-hydrogen) atoms. The molecule has 1 aliphatic rings. The molecule has 10 heteroatoms. The van der Waals surface area contributed by atoms with Crippen LogP contribution in [0.25, 0.3) is 0 Å². The first-order valence-electron chi connectivity index (χ1n) is 11.9. The van der Waals surface area contributed by atoms with Gasteiger partial charge in [0.15, 0.2) is 5.82 Å². The second-order valence-electron chi connectivity index (χ2n) is 8.85. The number of nitrogens with zero attached hydrogens (tertiary/aromatic N) is 5. The third-order valence-corrected chi connectivity index (χ3v) is 7.24. The van der Waals surface area contributed by atoms with E-state index in [4.69, 9.17) is 16.3 Å². The molecule has 1 unspecified atom stereocenters. The Bertz CT molecular complexity index is 1210. The Balaban J connectivity index is 1.49. The molecule has 0 aliphatic carbocycles. The third-order valence-electron chi connectivity index (χ3n) is 6.15. The number of ether oxygens (including phenoxy) is 1. The standard InChI is InChI=1S/C26H33N7O2S/c1-4-23(34)32-12-6-9-20(14-32)33(28)26-24(25(27)29-16-30-26)36-21-10-11-22(17(2)13-21)35-15-19-8-5-7-18(3)31-19/h4-5,7-8,10-11,13,16,20,23,34H,1,6,9,12,14-15,28H2,2-3H3,(H2,27,29,30)/t20-,23?/m1/s1. The van der Waals surface area contributed by atoms with E-state index in [0.717, 1.165) is 47.0 Å². The van der Waals surface area contributed by atoms with E-state index in [2.05, 4.69) is 21.5 Å². The van der Waals surface area contributed by atoms with Crippen LogP contribution in [0.4, 0.5) is 11.6 Å². The highest BCUT2D eigenvalue weighted by molar-refractivity contribution is 7.99. The van der Waals surface area contributed by atoms with Gasteiger partial charge in [0.25, 0.3) is 0 Å². The predicted octanol–water partition coefficient (Wildman–Crippen LogP) is 3.45. The maximum atomic E-state index is 10.2. The molecule has 9 nitrogen and oxygen atoms in total. The van der Waals surface area contributed by atoms with Crippen molar-refractivity contribution in [2.24, 2.45) is 5.84 Å². The SMILES string of the molecule is C=CC(O)N1CCC[C@@H](N(N)c2ncnc(N)c2Sc2ccc(OCc3cccc(C)n3)c(C)c2)C1. The smallest absolute Gasteiger partial charge is 0.162 e. The number of nitrogens with two attached hydrogens (primary N) is 2. The Morgan fingerprint density at radius 1 is 1.31 bits per heavy atom. The van der Waals surface area contributed by atoms with E-state index >= 15 is 0 Å². The van der Waals surface area contributed by atoms with Crippen molar-refractivity contribution in [3.63, 3.8) is 0 Å². The fourth-order valence-electron chi connectivity index (χ4n) is 4.23. The van der Waals surface area contributed by atoms with Crippen molar-refractivity contribution in [3.05, 3.63) is 72.3 Å². The fraction of sp³-hybridized carbons (Fsp3) is 0.346. The number of aromatic nitrogens is 3. The van der Waals surface area contributed by atoms with Gasteiger partial charge >= 0.3 is 0 Å². The fourth-order valence-corrected chi connectivity index (χ4v) is 5.24. The first-order valence-corrected chi connectivity index (χ1v) is 12.7. The topological polar surface area (TPSA) is 127 Å². The van der Waals surface area contributed by atoms with Gasteiger partial charge < -0.3 is 15.6 Å². The van der Waals surface area contributed by atoms with Gasteiger partial charge in [-0.05, 0) is 68.7 Å². The van der Waals surface area contributed by atoms with Crippen LogP contribution >= 0.6 is 11.8 Å². The number of benzene rings is 1. The molecule has 0 radical (unpaired) electrons. The van der Waals surface area contributed by atoms with Crippen LogP contribution in [0, 0.1) is 13.8 Å². The van der Waals surface area contributed by atoms with E-state index < -0.39 is 6.23 Å². The number of hydrogen-bond acceptors (Lipinski definition) is 10. The number of hydrogen-bond donors (Lipinski definition) is 3. The maximum absolute atomic E-state index is 10.2. The number of likely N-dealkylation sites (tertiary alicyclic amines) is 1. The quantitative estimate of drug-likeness (QED) is 0.225. The summed E-state index contributed by atoms with van der Waals surface area (Å²) in [5.41, 5.74) is 9.12. The largest absolute Gasteiger partial charge is 0.487 e. The molecule has 5 N–H and O–H groups in total. The summed E-state index contributed by atoms with van der Waals surface area (Å²) in [6.07, 6.45) is 4.04. The first-order chi connectivity index (χ1) is 17.4. The van der Waals surface area contributed by atoms with Gasteiger partial charge in [0.05, 0.1) is 16.6 Å². The third kappa shape index (κ3) is 6.14. The molecule has 2 aromatic heterocycles. The van der Waals surface area contributed by atoms with Crippen molar-refractivity contribution in [1.82, 2.24) is 19.9 Å². The normalized spacial score (nSPS) is 16.9. The van der Waals surface area contributed by atoms with Crippen LogP contribution < -0.4 is 21.3 Å². The number of pyridine rings is 1. The molecular weight excluding hydrogens is 474 g/mol. The molecule has 3 heterocycles. The zero-order chi connectivity index (χ0) is 25.7. The van der Waals surface area contributed by atoms with Crippen LogP contribution in [0.2, 0.25) is 0 Å². The number of rotatable bonds is 9. The average molecular weight is 508 g/mol. The molecule has 4 rings (SSSR count). The zero-order valence-corrected chi connectivity index (χ0v) is 21.5. The Morgan fingerprint density at radius 3 is 2.89 bits per heavy atom. The predicted molar refractivity (Wildman–Crippen MR) is 143 cm³/mol. The monoisotopic (exact) mass is 507 g/mol. The Labute approximate surface area is 216 Å². The molecule has 2 atom stereocenters. The van der Waals surface area contributed by atoms with Gasteiger partial charge in [-0.3, -0.25) is 14.9 Å². The maximum Gasteiger partial charge on any atom is 0.162 e. The number of aliphatic hydroxyl groups excluding tert-OH is 1. The summed E-state index contributed by atoms with van der Waals surface area (Å²) in [6, 6.07) is 11.8. The van der Waals surface area contributed by atoms with Gasteiger partial charge in [-0.15, -0.1) is 0 Å². The van der Waals surface area contributed by atoms with Crippen LogP contribution in [0.1, 0.15) is 29.8 Å². The van der Waals surface area contributed by atoms with Crippen molar-refractivity contribution in [3.8, 4) is 5.75 Å². The van der Waals surface area contributed by atoms with Gasteiger partial charge in [0, 0.05) is 23.7 Å². The van der Waals surface area contributed by atoms with Crippen molar-refractivity contribution < 1.29 is 9.84 Å². The summed E-state index contributed by atoms with van der Waals surface area (Å²) in [7, 11) is 0. The molecule has 1 saturated heterocycles. The van der Waals surface area contributed by atoms with Crippen LogP contribution in [-0.4, -0.2) is 50.3 Å². The number of piperidine rings is 1. The van der Waals surface area contributed by atoms with Crippen molar-refractivity contribution >= 4 is 23.4 Å². The molecule has 0 saturated carbocycles. The van der Waals surface area contributed by atoms with E-state index in [-0.39, 0.29) is 6.04 Å². The molecule has 3 aromatic rings. The molecule has 1 fully saturated rings. The minimum absolute atomic E-state index is 0.0326. The first kappa shape index (κ1) is 25.9. The summed E-state index contributed by atoms with van der Waals surface area (Å²) in [5, 5.41) is 11.8. The summed E-state index contributed by atoms with van der Waals surface area (Å²) in [5.74, 6) is 8.29. The van der Waals surface area contributed by atoms with E-state index in [9.17, 15) is 5.11 Å². The summed E-state index contributed by atoms with van der Waals surface area (Å²) < 4.78 is 6.01. The second kappa shape index (κ2) is 11.7. The Hall–Kier alpha value is -3.18. The lowest BCUT2D eigenvalue weighted by atomic mass is 10.0.